The van der Waals surface area contributed by atoms with E-state index in [0.717, 1.165) is 49.6 Å². The molecule has 3 heterocycles. The van der Waals surface area contributed by atoms with Crippen molar-refractivity contribution in [2.24, 2.45) is 5.41 Å². The highest BCUT2D eigenvalue weighted by molar-refractivity contribution is 8.01. The number of fused-ring (bicyclic) bond motifs is 1. The zero-order valence-corrected chi connectivity index (χ0v) is 16.8. The Balaban J connectivity index is 0.00000196. The lowest BCUT2D eigenvalue weighted by atomic mass is 9.78. The first-order valence-electron chi connectivity index (χ1n) is 8.80. The van der Waals surface area contributed by atoms with Crippen LogP contribution in [0.2, 0.25) is 5.02 Å². The average molecular weight is 416 g/mol. The first kappa shape index (κ1) is 19.8. The number of rotatable bonds is 2. The highest BCUT2D eigenvalue weighted by Gasteiger charge is 2.39. The van der Waals surface area contributed by atoms with Gasteiger partial charge in [-0.25, -0.2) is 0 Å². The van der Waals surface area contributed by atoms with Gasteiger partial charge in [-0.15, -0.1) is 24.2 Å². The van der Waals surface area contributed by atoms with Crippen LogP contribution in [0.1, 0.15) is 25.7 Å². The summed E-state index contributed by atoms with van der Waals surface area (Å²) in [7, 11) is 0. The zero-order chi connectivity index (χ0) is 17.4. The van der Waals surface area contributed by atoms with Gasteiger partial charge in [0.25, 0.3) is 0 Å². The van der Waals surface area contributed by atoms with Crippen LogP contribution in [0.3, 0.4) is 0 Å². The van der Waals surface area contributed by atoms with Crippen LogP contribution < -0.4 is 10.6 Å². The Morgan fingerprint density at radius 2 is 2.08 bits per heavy atom. The fraction of sp³-hybridized carbons (Fsp3) is 0.556. The standard InChI is InChI=1S/C18H22ClN3O2S.ClH/c19-12-1-2-14-13(9-12)21-17(24)15(25-14)10-16(23)22-7-4-18(5-8-22)3-6-20-11-18;/h1-2,9,15,20H,3-8,10-11H2,(H,21,24);1H. The van der Waals surface area contributed by atoms with Gasteiger partial charge in [0, 0.05) is 36.0 Å². The van der Waals surface area contributed by atoms with E-state index in [0.29, 0.717) is 10.4 Å². The molecule has 2 saturated heterocycles. The van der Waals surface area contributed by atoms with Gasteiger partial charge in [-0.1, -0.05) is 11.6 Å². The third kappa shape index (κ3) is 3.98. The van der Waals surface area contributed by atoms with Crippen molar-refractivity contribution in [1.82, 2.24) is 10.2 Å². The van der Waals surface area contributed by atoms with Gasteiger partial charge in [0.2, 0.25) is 11.8 Å². The molecule has 3 aliphatic rings. The second-order valence-corrected chi connectivity index (χ2v) is 8.93. The van der Waals surface area contributed by atoms with E-state index in [4.69, 9.17) is 11.6 Å². The summed E-state index contributed by atoms with van der Waals surface area (Å²) in [5, 5.41) is 6.54. The molecule has 0 radical (unpaired) electrons. The van der Waals surface area contributed by atoms with Crippen LogP contribution in [0.15, 0.2) is 23.1 Å². The molecule has 1 atom stereocenters. The van der Waals surface area contributed by atoms with Gasteiger partial charge in [-0.2, -0.15) is 0 Å². The summed E-state index contributed by atoms with van der Waals surface area (Å²) in [5.41, 5.74) is 1.13. The van der Waals surface area contributed by atoms with Crippen LogP contribution in [0.5, 0.6) is 0 Å². The van der Waals surface area contributed by atoms with Crippen LogP contribution >= 0.6 is 35.8 Å². The van der Waals surface area contributed by atoms with Crippen molar-refractivity contribution < 1.29 is 9.59 Å². The van der Waals surface area contributed by atoms with Gasteiger partial charge in [0.05, 0.1) is 10.9 Å². The lowest BCUT2D eigenvalue weighted by Gasteiger charge is -2.39. The zero-order valence-electron chi connectivity index (χ0n) is 14.4. The third-order valence-corrected chi connectivity index (χ3v) is 7.14. The van der Waals surface area contributed by atoms with Crippen molar-refractivity contribution in [3.63, 3.8) is 0 Å². The number of amides is 2. The van der Waals surface area contributed by atoms with E-state index in [1.54, 1.807) is 6.07 Å². The highest BCUT2D eigenvalue weighted by atomic mass is 35.5. The number of likely N-dealkylation sites (tertiary alicyclic amines) is 1. The van der Waals surface area contributed by atoms with E-state index in [9.17, 15) is 9.59 Å². The first-order chi connectivity index (χ1) is 12.0. The van der Waals surface area contributed by atoms with Crippen molar-refractivity contribution in [2.75, 3.05) is 31.5 Å². The van der Waals surface area contributed by atoms with Crippen LogP contribution in [0.25, 0.3) is 0 Å². The van der Waals surface area contributed by atoms with E-state index in [2.05, 4.69) is 10.6 Å². The minimum atomic E-state index is -0.370. The molecule has 142 valence electrons. The molecule has 2 amide bonds. The van der Waals surface area contributed by atoms with E-state index < -0.39 is 0 Å². The molecule has 0 saturated carbocycles. The molecule has 5 nitrogen and oxygen atoms in total. The number of halogens is 2. The molecule has 8 heteroatoms. The molecule has 1 unspecified atom stereocenters. The van der Waals surface area contributed by atoms with Crippen LogP contribution in [-0.2, 0) is 9.59 Å². The number of carbonyl (C=O) groups is 2. The Kier molecular flexibility index (Phi) is 6.07. The first-order valence-corrected chi connectivity index (χ1v) is 10.1. The summed E-state index contributed by atoms with van der Waals surface area (Å²) < 4.78 is 0. The maximum absolute atomic E-state index is 12.7. The van der Waals surface area contributed by atoms with Gasteiger partial charge < -0.3 is 15.5 Å². The van der Waals surface area contributed by atoms with E-state index >= 15 is 0 Å². The quantitative estimate of drug-likeness (QED) is 0.778. The fourth-order valence-corrected chi connectivity index (χ4v) is 5.25. The molecule has 2 fully saturated rings. The number of nitrogens with zero attached hydrogens (tertiary/aromatic N) is 1. The number of benzene rings is 1. The normalized spacial score (nSPS) is 24.0. The van der Waals surface area contributed by atoms with Crippen molar-refractivity contribution in [3.8, 4) is 0 Å². The Labute approximate surface area is 169 Å². The second kappa shape index (κ2) is 7.97. The Morgan fingerprint density at radius 1 is 1.31 bits per heavy atom. The average Bonchev–Trinajstić information content (AvgIpc) is 3.04. The summed E-state index contributed by atoms with van der Waals surface area (Å²) in [4.78, 5) is 27.9. The smallest absolute Gasteiger partial charge is 0.238 e. The Bertz CT molecular complexity index is 700. The molecular formula is C18H23Cl2N3O2S. The lowest BCUT2D eigenvalue weighted by Crippen LogP contribution is -2.45. The summed E-state index contributed by atoms with van der Waals surface area (Å²) in [6, 6.07) is 5.46. The topological polar surface area (TPSA) is 61.4 Å². The molecule has 1 aromatic carbocycles. The van der Waals surface area contributed by atoms with Crippen LogP contribution in [0, 0.1) is 5.41 Å². The maximum Gasteiger partial charge on any atom is 0.238 e. The molecule has 0 aromatic heterocycles. The van der Waals surface area contributed by atoms with E-state index in [-0.39, 0.29) is 35.9 Å². The Morgan fingerprint density at radius 3 is 2.77 bits per heavy atom. The predicted molar refractivity (Wildman–Crippen MR) is 107 cm³/mol. The summed E-state index contributed by atoms with van der Waals surface area (Å²) in [5.74, 6) is -0.0209. The van der Waals surface area contributed by atoms with Crippen LogP contribution in [-0.4, -0.2) is 48.1 Å². The minimum absolute atomic E-state index is 0. The summed E-state index contributed by atoms with van der Waals surface area (Å²) in [6.07, 6.45) is 3.60. The number of hydrogen-bond acceptors (Lipinski definition) is 4. The predicted octanol–water partition coefficient (Wildman–Crippen LogP) is 3.17. The van der Waals surface area contributed by atoms with Gasteiger partial charge in [-0.3, -0.25) is 9.59 Å². The van der Waals surface area contributed by atoms with Crippen molar-refractivity contribution in [3.05, 3.63) is 23.2 Å². The van der Waals surface area contributed by atoms with Gasteiger partial charge in [0.15, 0.2) is 0 Å². The van der Waals surface area contributed by atoms with Crippen LogP contribution in [0.4, 0.5) is 5.69 Å². The largest absolute Gasteiger partial charge is 0.343 e. The second-order valence-electron chi connectivity index (χ2n) is 7.25. The number of anilines is 1. The summed E-state index contributed by atoms with van der Waals surface area (Å²) >= 11 is 7.43. The number of nitrogens with one attached hydrogen (secondary N) is 2. The highest BCUT2D eigenvalue weighted by Crippen LogP contribution is 2.40. The van der Waals surface area contributed by atoms with Gasteiger partial charge in [-0.05, 0) is 49.4 Å². The number of thioether (sulfide) groups is 1. The number of carbonyl (C=O) groups excluding carboxylic acids is 2. The van der Waals surface area contributed by atoms with E-state index in [1.165, 1.54) is 18.2 Å². The third-order valence-electron chi connectivity index (χ3n) is 5.63. The SMILES string of the molecule is Cl.O=C1Nc2cc(Cl)ccc2SC1CC(=O)N1CCC2(CCNC2)CC1. The molecule has 4 rings (SSSR count). The molecule has 26 heavy (non-hydrogen) atoms. The van der Waals surface area contributed by atoms with Gasteiger partial charge >= 0.3 is 0 Å². The molecule has 0 bridgehead atoms. The number of piperidine rings is 1. The van der Waals surface area contributed by atoms with Gasteiger partial charge in [0.1, 0.15) is 0 Å². The molecule has 1 aromatic rings. The van der Waals surface area contributed by atoms with Crippen molar-refractivity contribution >= 4 is 53.3 Å². The molecule has 3 aliphatic heterocycles. The lowest BCUT2D eigenvalue weighted by molar-refractivity contribution is -0.134. The Hall–Kier alpha value is -0.950. The molecule has 1 spiro atoms. The van der Waals surface area contributed by atoms with E-state index in [1.807, 2.05) is 17.0 Å². The maximum atomic E-state index is 12.7. The fourth-order valence-electron chi connectivity index (χ4n) is 4.00. The van der Waals surface area contributed by atoms with Crippen molar-refractivity contribution in [1.29, 1.82) is 0 Å². The molecular weight excluding hydrogens is 393 g/mol. The molecule has 0 aliphatic carbocycles. The monoisotopic (exact) mass is 415 g/mol. The summed E-state index contributed by atoms with van der Waals surface area (Å²) in [6.45, 7) is 3.79. The minimum Gasteiger partial charge on any atom is -0.343 e. The number of hydrogen-bond donors (Lipinski definition) is 2. The van der Waals surface area contributed by atoms with Crippen molar-refractivity contribution in [2.45, 2.75) is 35.8 Å². The molecule has 2 N–H and O–H groups in total.